The number of aromatic amines is 1. The predicted molar refractivity (Wildman–Crippen MR) is 152 cm³/mol. The van der Waals surface area contributed by atoms with Crippen molar-refractivity contribution in [2.45, 2.75) is 38.6 Å². The van der Waals surface area contributed by atoms with E-state index in [-0.39, 0.29) is 23.3 Å². The molecule has 9 heteroatoms. The number of carbonyl (C=O) groups is 1. The molecule has 0 aliphatic carbocycles. The molecule has 4 aromatic rings. The summed E-state index contributed by atoms with van der Waals surface area (Å²) in [5, 5.41) is 4.40. The van der Waals surface area contributed by atoms with Gasteiger partial charge in [-0.2, -0.15) is 0 Å². The summed E-state index contributed by atoms with van der Waals surface area (Å²) in [6.45, 7) is 4.03. The number of nitrogens with zero attached hydrogens (tertiary/aromatic N) is 1. The zero-order chi connectivity index (χ0) is 26.9. The number of benzene rings is 2. The van der Waals surface area contributed by atoms with Crippen LogP contribution in [0.4, 0.5) is 5.69 Å². The van der Waals surface area contributed by atoms with Crippen LogP contribution in [0.2, 0.25) is 5.22 Å². The van der Waals surface area contributed by atoms with Crippen molar-refractivity contribution in [2.75, 3.05) is 30.0 Å². The van der Waals surface area contributed by atoms with Crippen molar-refractivity contribution in [2.24, 2.45) is 0 Å². The number of hydrogen-bond acceptors (Lipinski definition) is 5. The minimum atomic E-state index is -3.07. The minimum Gasteiger partial charge on any atom is -0.447 e. The van der Waals surface area contributed by atoms with Gasteiger partial charge in [-0.05, 0) is 84.8 Å². The first-order chi connectivity index (χ1) is 18.2. The lowest BCUT2D eigenvalue weighted by Crippen LogP contribution is -2.32. The van der Waals surface area contributed by atoms with Gasteiger partial charge in [0.25, 0.3) is 0 Å². The van der Waals surface area contributed by atoms with E-state index < -0.39 is 15.9 Å². The topological polar surface area (TPSA) is 95.4 Å². The van der Waals surface area contributed by atoms with Crippen molar-refractivity contribution < 1.29 is 17.6 Å². The summed E-state index contributed by atoms with van der Waals surface area (Å²) >= 11 is 6.13. The highest BCUT2D eigenvalue weighted by molar-refractivity contribution is 7.90. The average Bonchev–Trinajstić information content (AvgIpc) is 3.62. The zero-order valence-electron chi connectivity index (χ0n) is 21.6. The molecule has 0 saturated carbocycles. The van der Waals surface area contributed by atoms with Crippen molar-refractivity contribution >= 4 is 43.9 Å². The molecular formula is C29H32ClN3O4S. The van der Waals surface area contributed by atoms with E-state index >= 15 is 0 Å². The van der Waals surface area contributed by atoms with E-state index in [0.717, 1.165) is 64.8 Å². The molecule has 1 amide bonds. The Morgan fingerprint density at radius 2 is 1.92 bits per heavy atom. The Bertz CT molecular complexity index is 1570. The number of nitrogens with one attached hydrogen (secondary N) is 2. The van der Waals surface area contributed by atoms with Crippen molar-refractivity contribution in [1.82, 2.24) is 10.3 Å². The van der Waals surface area contributed by atoms with Gasteiger partial charge in [-0.3, -0.25) is 4.79 Å². The second-order valence-electron chi connectivity index (χ2n) is 10.1. The van der Waals surface area contributed by atoms with E-state index in [1.54, 1.807) is 12.1 Å². The van der Waals surface area contributed by atoms with Gasteiger partial charge in [-0.1, -0.05) is 18.2 Å². The molecule has 0 spiro atoms. The van der Waals surface area contributed by atoms with Gasteiger partial charge in [0.2, 0.25) is 5.91 Å². The number of aryl methyl sites for hydroxylation is 2. The second-order valence-corrected chi connectivity index (χ2v) is 12.8. The number of anilines is 1. The molecule has 1 fully saturated rings. The van der Waals surface area contributed by atoms with Crippen LogP contribution in [0.15, 0.2) is 59.1 Å². The first-order valence-corrected chi connectivity index (χ1v) is 15.3. The Kier molecular flexibility index (Phi) is 7.54. The van der Waals surface area contributed by atoms with Crippen LogP contribution >= 0.6 is 11.6 Å². The number of halogens is 1. The molecule has 0 bridgehead atoms. The molecule has 1 aliphatic rings. The maximum absolute atomic E-state index is 13.4. The Hall–Kier alpha value is -3.23. The lowest BCUT2D eigenvalue weighted by molar-refractivity contribution is -0.121. The molecule has 1 atom stereocenters. The standard InChI is InChI=1S/C29H32ClN3O4S/c1-19-5-7-22(25(15-19)33-12-3-4-13-33)29(26-9-10-27(30)37-26)32-28(34)17-20-6-8-24-23(16-20)21(18-31-24)11-14-38(2,35)36/h5-10,15-16,18,29,31H,3-4,11-14,17H2,1-2H3,(H,32,34). The number of amides is 1. The summed E-state index contributed by atoms with van der Waals surface area (Å²) in [6, 6.07) is 15.1. The first kappa shape index (κ1) is 26.4. The summed E-state index contributed by atoms with van der Waals surface area (Å²) in [5.74, 6) is 0.508. The fourth-order valence-corrected chi connectivity index (χ4v) is 5.89. The third-order valence-electron chi connectivity index (χ3n) is 7.07. The van der Waals surface area contributed by atoms with E-state index in [4.69, 9.17) is 16.0 Å². The van der Waals surface area contributed by atoms with Gasteiger partial charge in [-0.15, -0.1) is 0 Å². The third kappa shape index (κ3) is 6.08. The number of H-pyrrole nitrogens is 1. The maximum atomic E-state index is 13.4. The Balaban J connectivity index is 1.41. The van der Waals surface area contributed by atoms with Crippen LogP contribution in [0.5, 0.6) is 0 Å². The smallest absolute Gasteiger partial charge is 0.225 e. The van der Waals surface area contributed by atoms with Crippen molar-refractivity contribution in [1.29, 1.82) is 0 Å². The van der Waals surface area contributed by atoms with E-state index in [9.17, 15) is 13.2 Å². The monoisotopic (exact) mass is 553 g/mol. The summed E-state index contributed by atoms with van der Waals surface area (Å²) in [7, 11) is -3.07. The zero-order valence-corrected chi connectivity index (χ0v) is 23.2. The quantitative estimate of drug-likeness (QED) is 0.291. The second kappa shape index (κ2) is 10.9. The Morgan fingerprint density at radius 3 is 2.63 bits per heavy atom. The summed E-state index contributed by atoms with van der Waals surface area (Å²) < 4.78 is 29.1. The van der Waals surface area contributed by atoms with Crippen LogP contribution in [0.1, 0.15) is 46.9 Å². The van der Waals surface area contributed by atoms with Gasteiger partial charge < -0.3 is 19.6 Å². The highest BCUT2D eigenvalue weighted by atomic mass is 35.5. The molecule has 2 aromatic carbocycles. The van der Waals surface area contributed by atoms with Crippen molar-refractivity contribution in [3.05, 3.63) is 88.0 Å². The fraction of sp³-hybridized carbons (Fsp3) is 0.345. The number of hydrogen-bond donors (Lipinski definition) is 2. The molecular weight excluding hydrogens is 522 g/mol. The normalized spacial score (nSPS) is 14.8. The summed E-state index contributed by atoms with van der Waals surface area (Å²) in [4.78, 5) is 19.0. The molecule has 2 N–H and O–H groups in total. The molecule has 1 saturated heterocycles. The number of carbonyl (C=O) groups excluding carboxylic acids is 1. The van der Waals surface area contributed by atoms with Gasteiger partial charge in [-0.25, -0.2) is 8.42 Å². The molecule has 2 aromatic heterocycles. The molecule has 5 rings (SSSR count). The van der Waals surface area contributed by atoms with Crippen LogP contribution in [-0.2, 0) is 27.5 Å². The lowest BCUT2D eigenvalue weighted by atomic mass is 9.99. The van der Waals surface area contributed by atoms with Crippen molar-refractivity contribution in [3.63, 3.8) is 0 Å². The van der Waals surface area contributed by atoms with Gasteiger partial charge in [0.1, 0.15) is 21.6 Å². The number of sulfone groups is 1. The van der Waals surface area contributed by atoms with Crippen LogP contribution in [-0.4, -0.2) is 44.4 Å². The molecule has 1 aliphatic heterocycles. The molecule has 3 heterocycles. The largest absolute Gasteiger partial charge is 0.447 e. The van der Waals surface area contributed by atoms with Crippen LogP contribution in [0.25, 0.3) is 10.9 Å². The van der Waals surface area contributed by atoms with Gasteiger partial charge in [0, 0.05) is 47.7 Å². The van der Waals surface area contributed by atoms with Crippen LogP contribution in [0, 0.1) is 6.92 Å². The molecule has 0 radical (unpaired) electrons. The van der Waals surface area contributed by atoms with Gasteiger partial charge >= 0.3 is 0 Å². The molecule has 38 heavy (non-hydrogen) atoms. The van der Waals surface area contributed by atoms with E-state index in [2.05, 4.69) is 40.3 Å². The number of aromatic nitrogens is 1. The van der Waals surface area contributed by atoms with Crippen molar-refractivity contribution in [3.8, 4) is 0 Å². The fourth-order valence-electron chi connectivity index (χ4n) is 5.15. The molecule has 200 valence electrons. The third-order valence-corrected chi connectivity index (χ3v) is 8.22. The number of furan rings is 1. The summed E-state index contributed by atoms with van der Waals surface area (Å²) in [6.07, 6.45) is 5.96. The highest BCUT2D eigenvalue weighted by Gasteiger charge is 2.26. The molecule has 1 unspecified atom stereocenters. The highest BCUT2D eigenvalue weighted by Crippen LogP contribution is 2.35. The average molecular weight is 554 g/mol. The Labute approximate surface area is 228 Å². The van der Waals surface area contributed by atoms with Gasteiger partial charge in [0.15, 0.2) is 5.22 Å². The van der Waals surface area contributed by atoms with E-state index in [1.807, 2.05) is 24.4 Å². The number of fused-ring (bicyclic) bond motifs is 1. The predicted octanol–water partition coefficient (Wildman–Crippen LogP) is 5.36. The molecule has 7 nitrogen and oxygen atoms in total. The SMILES string of the molecule is Cc1ccc(C(NC(=O)Cc2ccc3[nH]cc(CCS(C)(=O)=O)c3c2)c2ccc(Cl)o2)c(N2CCCC2)c1. The lowest BCUT2D eigenvalue weighted by Gasteiger charge is -2.26. The Morgan fingerprint density at radius 1 is 1.13 bits per heavy atom. The van der Waals surface area contributed by atoms with Crippen LogP contribution < -0.4 is 10.2 Å². The van der Waals surface area contributed by atoms with Crippen LogP contribution in [0.3, 0.4) is 0 Å². The van der Waals surface area contributed by atoms with Gasteiger partial charge in [0.05, 0.1) is 12.2 Å². The maximum Gasteiger partial charge on any atom is 0.225 e. The number of rotatable bonds is 9. The van der Waals surface area contributed by atoms with E-state index in [0.29, 0.717) is 12.2 Å². The minimum absolute atomic E-state index is 0.0773. The first-order valence-electron chi connectivity index (χ1n) is 12.8. The van der Waals surface area contributed by atoms with E-state index in [1.165, 1.54) is 6.26 Å². The summed E-state index contributed by atoms with van der Waals surface area (Å²) in [5.41, 5.74) is 5.91.